The molecule has 0 fully saturated rings. The van der Waals surface area contributed by atoms with Gasteiger partial charge in [0.2, 0.25) is 0 Å². The first-order valence-corrected chi connectivity index (χ1v) is 16.0. The van der Waals surface area contributed by atoms with Crippen molar-refractivity contribution in [3.8, 4) is 17.2 Å². The summed E-state index contributed by atoms with van der Waals surface area (Å²) >= 11 is 7.01. The molecule has 0 saturated heterocycles. The van der Waals surface area contributed by atoms with Crippen LogP contribution in [0.1, 0.15) is 36.6 Å². The number of benzene rings is 3. The fourth-order valence-corrected chi connectivity index (χ4v) is 7.19. The summed E-state index contributed by atoms with van der Waals surface area (Å²) < 4.78 is 26.1. The van der Waals surface area contributed by atoms with E-state index in [1.165, 1.54) is 11.3 Å². The number of rotatable bonds is 9. The highest BCUT2D eigenvalue weighted by molar-refractivity contribution is 14.1. The van der Waals surface area contributed by atoms with E-state index in [9.17, 15) is 9.59 Å². The highest BCUT2D eigenvalue weighted by Crippen LogP contribution is 2.36. The van der Waals surface area contributed by atoms with Gasteiger partial charge in [0.1, 0.15) is 12.4 Å². The lowest BCUT2D eigenvalue weighted by Gasteiger charge is -2.25. The molecule has 0 unspecified atom stereocenters. The Kier molecular flexibility index (Phi) is 9.72. The minimum Gasteiger partial charge on any atom is -0.496 e. The predicted octanol–water partition coefficient (Wildman–Crippen LogP) is 5.76. The largest absolute Gasteiger partial charge is 0.496 e. The lowest BCUT2D eigenvalue weighted by molar-refractivity contribution is -0.139. The summed E-state index contributed by atoms with van der Waals surface area (Å²) in [6.45, 7) is 4.10. The van der Waals surface area contributed by atoms with Crippen molar-refractivity contribution in [1.82, 2.24) is 4.57 Å². The molecule has 3 aromatic carbocycles. The van der Waals surface area contributed by atoms with Gasteiger partial charge in [-0.2, -0.15) is 0 Å². The number of hydrogen-bond acceptors (Lipinski definition) is 8. The molecule has 1 aliphatic heterocycles. The number of aromatic nitrogens is 1. The molecule has 1 aliphatic rings. The number of esters is 1. The summed E-state index contributed by atoms with van der Waals surface area (Å²) in [5.41, 5.74) is 3.07. The van der Waals surface area contributed by atoms with Crippen LogP contribution in [0.3, 0.4) is 0 Å². The van der Waals surface area contributed by atoms with E-state index in [-0.39, 0.29) is 12.2 Å². The number of nitrogens with zero attached hydrogens (tertiary/aromatic N) is 2. The standard InChI is InChI=1S/C32H28BrIN2O6S/c1-5-41-31(38)27-18(2)35-32-36(28(27)21-11-12-24(39-3)22(33)16-21)30(37)26(43-32)15-20-13-23(34)29(25(14-20)40-4)42-17-19-9-7-6-8-10-19/h6-16,28H,5,17H2,1-4H3/b26-15+/t28-/m0/s1. The summed E-state index contributed by atoms with van der Waals surface area (Å²) in [5, 5.41) is 0. The maximum absolute atomic E-state index is 14.0. The smallest absolute Gasteiger partial charge is 0.338 e. The van der Waals surface area contributed by atoms with Crippen molar-refractivity contribution >= 4 is 61.9 Å². The Hall–Kier alpha value is -3.42. The van der Waals surface area contributed by atoms with Crippen molar-refractivity contribution in [3.63, 3.8) is 0 Å². The van der Waals surface area contributed by atoms with E-state index in [1.807, 2.05) is 54.6 Å². The van der Waals surface area contributed by atoms with Crippen LogP contribution < -0.4 is 29.1 Å². The lowest BCUT2D eigenvalue weighted by Crippen LogP contribution is -2.40. The number of carbonyl (C=O) groups is 1. The van der Waals surface area contributed by atoms with Crippen LogP contribution in [0.4, 0.5) is 0 Å². The van der Waals surface area contributed by atoms with Crippen molar-refractivity contribution in [1.29, 1.82) is 0 Å². The Morgan fingerprint density at radius 1 is 1.09 bits per heavy atom. The first kappa shape index (κ1) is 31.0. The molecule has 2 heterocycles. The third-order valence-electron chi connectivity index (χ3n) is 6.78. The Labute approximate surface area is 274 Å². The van der Waals surface area contributed by atoms with Crippen LogP contribution in [0.5, 0.6) is 17.2 Å². The third kappa shape index (κ3) is 6.43. The molecule has 0 bridgehead atoms. The zero-order valence-electron chi connectivity index (χ0n) is 23.9. The summed E-state index contributed by atoms with van der Waals surface area (Å²) in [6.07, 6.45) is 1.81. The third-order valence-corrected chi connectivity index (χ3v) is 9.19. The normalized spacial score (nSPS) is 14.7. The van der Waals surface area contributed by atoms with Gasteiger partial charge in [-0.15, -0.1) is 0 Å². The molecule has 1 atom stereocenters. The van der Waals surface area contributed by atoms with Gasteiger partial charge in [0, 0.05) is 0 Å². The highest BCUT2D eigenvalue weighted by Gasteiger charge is 2.33. The molecule has 0 saturated carbocycles. The van der Waals surface area contributed by atoms with Gasteiger partial charge >= 0.3 is 5.97 Å². The number of thiazole rings is 1. The minimum absolute atomic E-state index is 0.199. The van der Waals surface area contributed by atoms with Gasteiger partial charge in [-0.1, -0.05) is 47.7 Å². The predicted molar refractivity (Wildman–Crippen MR) is 178 cm³/mol. The number of hydrogen-bond donors (Lipinski definition) is 0. The average Bonchev–Trinajstić information content (AvgIpc) is 3.29. The second-order valence-electron chi connectivity index (χ2n) is 9.50. The van der Waals surface area contributed by atoms with Gasteiger partial charge in [-0.05, 0) is 99.4 Å². The van der Waals surface area contributed by atoms with Crippen molar-refractivity contribution in [2.24, 2.45) is 4.99 Å². The van der Waals surface area contributed by atoms with E-state index in [2.05, 4.69) is 43.5 Å². The molecule has 0 amide bonds. The molecule has 0 N–H and O–H groups in total. The molecule has 0 aliphatic carbocycles. The van der Waals surface area contributed by atoms with E-state index in [0.717, 1.165) is 14.7 Å². The molecule has 0 radical (unpaired) electrons. The first-order valence-electron chi connectivity index (χ1n) is 13.3. The van der Waals surface area contributed by atoms with Gasteiger partial charge in [-0.3, -0.25) is 9.36 Å². The number of allylic oxidation sites excluding steroid dienone is 1. The number of methoxy groups -OCH3 is 2. The fraction of sp³-hybridized carbons (Fsp3) is 0.219. The van der Waals surface area contributed by atoms with E-state index < -0.39 is 12.0 Å². The van der Waals surface area contributed by atoms with Crippen LogP contribution in [0, 0.1) is 3.57 Å². The second kappa shape index (κ2) is 13.5. The zero-order valence-corrected chi connectivity index (χ0v) is 28.4. The molecule has 4 aromatic rings. The maximum Gasteiger partial charge on any atom is 0.338 e. The van der Waals surface area contributed by atoms with Crippen LogP contribution in [0.2, 0.25) is 0 Å². The molecule has 0 spiro atoms. The van der Waals surface area contributed by atoms with Crippen LogP contribution >= 0.6 is 49.9 Å². The molecular formula is C32H28BrIN2O6S. The number of ether oxygens (including phenoxy) is 4. The fourth-order valence-electron chi connectivity index (χ4n) is 4.80. The molecule has 11 heteroatoms. The molecule has 222 valence electrons. The average molecular weight is 775 g/mol. The Bertz CT molecular complexity index is 1900. The first-order chi connectivity index (χ1) is 20.7. The van der Waals surface area contributed by atoms with Crippen LogP contribution in [0.25, 0.3) is 6.08 Å². The Morgan fingerprint density at radius 2 is 1.84 bits per heavy atom. The van der Waals surface area contributed by atoms with Crippen LogP contribution in [-0.2, 0) is 16.1 Å². The number of carbonyl (C=O) groups excluding carboxylic acids is 1. The van der Waals surface area contributed by atoms with E-state index in [0.29, 0.717) is 54.5 Å². The van der Waals surface area contributed by atoms with Crippen LogP contribution in [0.15, 0.2) is 86.2 Å². The van der Waals surface area contributed by atoms with E-state index in [4.69, 9.17) is 18.9 Å². The van der Waals surface area contributed by atoms with E-state index in [1.54, 1.807) is 44.8 Å². The highest BCUT2D eigenvalue weighted by atomic mass is 127. The summed E-state index contributed by atoms with van der Waals surface area (Å²) in [5.74, 6) is 1.31. The van der Waals surface area contributed by atoms with Gasteiger partial charge in [0.25, 0.3) is 5.56 Å². The van der Waals surface area contributed by atoms with E-state index >= 15 is 0 Å². The van der Waals surface area contributed by atoms with Crippen LogP contribution in [-0.4, -0.2) is 31.4 Å². The zero-order chi connectivity index (χ0) is 30.7. The molecule has 1 aromatic heterocycles. The number of halogens is 2. The summed E-state index contributed by atoms with van der Waals surface area (Å²) in [6, 6.07) is 18.4. The SMILES string of the molecule is CCOC(=O)C1=C(C)N=c2s/c(=C/c3cc(I)c(OCc4ccccc4)c(OC)c3)c(=O)n2[C@H]1c1ccc(OC)c(Br)c1. The van der Waals surface area contributed by atoms with Gasteiger partial charge in [-0.25, -0.2) is 9.79 Å². The van der Waals surface area contributed by atoms with Crippen molar-refractivity contribution < 1.29 is 23.7 Å². The van der Waals surface area contributed by atoms with Gasteiger partial charge < -0.3 is 18.9 Å². The monoisotopic (exact) mass is 774 g/mol. The second-order valence-corrected chi connectivity index (χ2v) is 12.5. The summed E-state index contributed by atoms with van der Waals surface area (Å²) in [7, 11) is 3.17. The minimum atomic E-state index is -0.733. The summed E-state index contributed by atoms with van der Waals surface area (Å²) in [4.78, 5) is 32.4. The Morgan fingerprint density at radius 3 is 2.51 bits per heavy atom. The molecule has 43 heavy (non-hydrogen) atoms. The molecule has 5 rings (SSSR count). The lowest BCUT2D eigenvalue weighted by atomic mass is 9.96. The van der Waals surface area contributed by atoms with Crippen molar-refractivity contribution in [2.45, 2.75) is 26.5 Å². The molecular weight excluding hydrogens is 747 g/mol. The maximum atomic E-state index is 14.0. The van der Waals surface area contributed by atoms with Gasteiger partial charge in [0.05, 0.1) is 50.7 Å². The molecule has 8 nitrogen and oxygen atoms in total. The van der Waals surface area contributed by atoms with Gasteiger partial charge in [0.15, 0.2) is 16.3 Å². The van der Waals surface area contributed by atoms with Crippen molar-refractivity contribution in [2.75, 3.05) is 20.8 Å². The number of fused-ring (bicyclic) bond motifs is 1. The topological polar surface area (TPSA) is 88.4 Å². The van der Waals surface area contributed by atoms with Crippen molar-refractivity contribution in [3.05, 3.63) is 116 Å². The Balaban J connectivity index is 1.60. The quantitative estimate of drug-likeness (QED) is 0.159.